The first kappa shape index (κ1) is 11.9. The number of thioether (sulfide) groups is 1. The third-order valence-electron chi connectivity index (χ3n) is 1.14. The number of rotatable bonds is 2. The quantitative estimate of drug-likeness (QED) is 0.332. The normalized spacial score (nSPS) is 8.92. The van der Waals surface area contributed by atoms with Crippen LogP contribution in [0, 0.1) is 0 Å². The van der Waals surface area contributed by atoms with E-state index in [9.17, 15) is 0 Å². The molecule has 68 valence electrons. The molecule has 12 heavy (non-hydrogen) atoms. The van der Waals surface area contributed by atoms with Crippen LogP contribution in [0.15, 0.2) is 11.2 Å². The largest absolute Gasteiger partial charge is 1.00 e. The SMILES string of the molecule is COc1nc(SC)c[n+](C)n1.[I-]. The zero-order chi connectivity index (χ0) is 8.27. The summed E-state index contributed by atoms with van der Waals surface area (Å²) < 4.78 is 6.56. The van der Waals surface area contributed by atoms with Gasteiger partial charge in [0.1, 0.15) is 0 Å². The Bertz CT molecular complexity index is 236. The van der Waals surface area contributed by atoms with Gasteiger partial charge in [-0.05, 0) is 6.26 Å². The average Bonchev–Trinajstić information content (AvgIpc) is 2.03. The first-order chi connectivity index (χ1) is 5.26. The van der Waals surface area contributed by atoms with Gasteiger partial charge in [0.15, 0.2) is 12.1 Å². The van der Waals surface area contributed by atoms with Crippen molar-refractivity contribution in [2.45, 2.75) is 5.03 Å². The Kier molecular flexibility index (Phi) is 5.47. The Morgan fingerprint density at radius 3 is 2.75 bits per heavy atom. The number of aromatic nitrogens is 3. The molecule has 0 radical (unpaired) electrons. The summed E-state index contributed by atoms with van der Waals surface area (Å²) >= 11 is 1.56. The molecule has 4 nitrogen and oxygen atoms in total. The lowest BCUT2D eigenvalue weighted by molar-refractivity contribution is -0.733. The molecule has 0 aliphatic carbocycles. The molecule has 0 saturated carbocycles. The van der Waals surface area contributed by atoms with Gasteiger partial charge >= 0.3 is 6.01 Å². The molecular weight excluding hydrogens is 289 g/mol. The maximum atomic E-state index is 4.88. The molecule has 1 aromatic heterocycles. The van der Waals surface area contributed by atoms with Gasteiger partial charge in [-0.15, -0.1) is 11.8 Å². The fraction of sp³-hybridized carbons (Fsp3) is 0.500. The van der Waals surface area contributed by atoms with Gasteiger partial charge in [0.2, 0.25) is 6.20 Å². The van der Waals surface area contributed by atoms with Crippen LogP contribution in [0.3, 0.4) is 0 Å². The molecule has 0 aromatic carbocycles. The number of aryl methyl sites for hydroxylation is 1. The van der Waals surface area contributed by atoms with Gasteiger partial charge in [-0.3, -0.25) is 0 Å². The van der Waals surface area contributed by atoms with E-state index in [2.05, 4.69) is 10.1 Å². The molecule has 6 heteroatoms. The van der Waals surface area contributed by atoms with Gasteiger partial charge < -0.3 is 28.7 Å². The number of ether oxygens (including phenoxy) is 1. The lowest BCUT2D eigenvalue weighted by Crippen LogP contribution is -3.00. The molecule has 0 unspecified atom stereocenters. The zero-order valence-corrected chi connectivity index (χ0v) is 10.1. The zero-order valence-electron chi connectivity index (χ0n) is 7.11. The molecule has 0 aliphatic heterocycles. The van der Waals surface area contributed by atoms with Crippen molar-refractivity contribution in [3.63, 3.8) is 0 Å². The topological polar surface area (TPSA) is 38.9 Å². The Hall–Kier alpha value is -0.110. The first-order valence-electron chi connectivity index (χ1n) is 3.09. The molecule has 0 spiro atoms. The van der Waals surface area contributed by atoms with Crippen LogP contribution in [-0.4, -0.2) is 23.4 Å². The van der Waals surface area contributed by atoms with Crippen LogP contribution in [0.2, 0.25) is 0 Å². The van der Waals surface area contributed by atoms with Crippen LogP contribution in [0.25, 0.3) is 0 Å². The minimum atomic E-state index is 0. The Morgan fingerprint density at radius 1 is 1.58 bits per heavy atom. The van der Waals surface area contributed by atoms with E-state index in [0.29, 0.717) is 6.01 Å². The van der Waals surface area contributed by atoms with Gasteiger partial charge in [-0.2, -0.15) is 4.98 Å². The van der Waals surface area contributed by atoms with Gasteiger partial charge in [0, 0.05) is 0 Å². The third kappa shape index (κ3) is 3.10. The summed E-state index contributed by atoms with van der Waals surface area (Å²) in [6.45, 7) is 0. The van der Waals surface area contributed by atoms with Crippen molar-refractivity contribution in [1.29, 1.82) is 0 Å². The fourth-order valence-corrected chi connectivity index (χ4v) is 1.08. The number of hydrogen-bond donors (Lipinski definition) is 0. The van der Waals surface area contributed by atoms with E-state index in [1.165, 1.54) is 0 Å². The Morgan fingerprint density at radius 2 is 2.25 bits per heavy atom. The van der Waals surface area contributed by atoms with Crippen LogP contribution in [0.1, 0.15) is 0 Å². The smallest absolute Gasteiger partial charge is 0.379 e. The molecule has 0 N–H and O–H groups in total. The second-order valence-corrected chi connectivity index (χ2v) is 2.77. The number of halogens is 1. The summed E-state index contributed by atoms with van der Waals surface area (Å²) in [4.78, 5) is 4.08. The standard InChI is InChI=1S/C6H10N3OS.HI/c1-9-4-5(11-3)7-6(8-9)10-2;/h4H,1-3H3;1H/q+1;/p-1. The van der Waals surface area contributed by atoms with Crippen molar-refractivity contribution in [2.24, 2.45) is 7.05 Å². The van der Waals surface area contributed by atoms with E-state index in [0.717, 1.165) is 5.03 Å². The van der Waals surface area contributed by atoms with E-state index in [1.54, 1.807) is 23.6 Å². The highest BCUT2D eigenvalue weighted by molar-refractivity contribution is 7.98. The summed E-state index contributed by atoms with van der Waals surface area (Å²) in [5.74, 6) is 0. The van der Waals surface area contributed by atoms with Gasteiger partial charge in [0.25, 0.3) is 0 Å². The van der Waals surface area contributed by atoms with Crippen LogP contribution in [0.5, 0.6) is 6.01 Å². The van der Waals surface area contributed by atoms with Crippen molar-refractivity contribution >= 4 is 11.8 Å². The van der Waals surface area contributed by atoms with Gasteiger partial charge in [-0.25, -0.2) is 0 Å². The number of methoxy groups -OCH3 is 1. The molecule has 0 atom stereocenters. The van der Waals surface area contributed by atoms with Crippen molar-refractivity contribution in [1.82, 2.24) is 10.1 Å². The maximum absolute atomic E-state index is 4.88. The lowest BCUT2D eigenvalue weighted by Gasteiger charge is -1.95. The summed E-state index contributed by atoms with van der Waals surface area (Å²) in [6, 6.07) is 0.402. The minimum absolute atomic E-state index is 0. The van der Waals surface area contributed by atoms with E-state index in [1.807, 2.05) is 19.5 Å². The molecule has 1 heterocycles. The second-order valence-electron chi connectivity index (χ2n) is 1.94. The number of nitrogens with zero attached hydrogens (tertiary/aromatic N) is 3. The molecule has 0 saturated heterocycles. The molecule has 0 bridgehead atoms. The second kappa shape index (κ2) is 5.52. The molecule has 0 fully saturated rings. The summed E-state index contributed by atoms with van der Waals surface area (Å²) in [5.41, 5.74) is 0. The predicted molar refractivity (Wildman–Crippen MR) is 41.5 cm³/mol. The highest BCUT2D eigenvalue weighted by Gasteiger charge is 2.05. The minimum Gasteiger partial charge on any atom is -1.00 e. The van der Waals surface area contributed by atoms with E-state index in [-0.39, 0.29) is 24.0 Å². The summed E-state index contributed by atoms with van der Waals surface area (Å²) in [6.07, 6.45) is 3.80. The van der Waals surface area contributed by atoms with E-state index < -0.39 is 0 Å². The highest BCUT2D eigenvalue weighted by Crippen LogP contribution is 2.09. The van der Waals surface area contributed by atoms with Crippen LogP contribution < -0.4 is 33.4 Å². The third-order valence-corrected chi connectivity index (χ3v) is 1.75. The summed E-state index contributed by atoms with van der Waals surface area (Å²) in [5, 5.41) is 4.87. The van der Waals surface area contributed by atoms with Gasteiger partial charge in [0.05, 0.1) is 12.2 Å². The van der Waals surface area contributed by atoms with Crippen LogP contribution in [-0.2, 0) is 7.05 Å². The lowest BCUT2D eigenvalue weighted by atomic mass is 10.8. The maximum Gasteiger partial charge on any atom is 0.379 e. The molecule has 1 rings (SSSR count). The van der Waals surface area contributed by atoms with Crippen molar-refractivity contribution < 1.29 is 33.4 Å². The van der Waals surface area contributed by atoms with Crippen molar-refractivity contribution in [2.75, 3.05) is 13.4 Å². The Balaban J connectivity index is 0.00000121. The van der Waals surface area contributed by atoms with E-state index >= 15 is 0 Å². The van der Waals surface area contributed by atoms with Crippen LogP contribution in [0.4, 0.5) is 0 Å². The first-order valence-corrected chi connectivity index (χ1v) is 4.31. The molecule has 1 aromatic rings. The van der Waals surface area contributed by atoms with Crippen molar-refractivity contribution in [3.8, 4) is 6.01 Å². The van der Waals surface area contributed by atoms with Crippen LogP contribution >= 0.6 is 11.8 Å². The van der Waals surface area contributed by atoms with Gasteiger partial charge in [-0.1, -0.05) is 4.68 Å². The predicted octanol–water partition coefficient (Wildman–Crippen LogP) is -2.96. The summed E-state index contributed by atoms with van der Waals surface area (Å²) in [7, 11) is 3.39. The monoisotopic (exact) mass is 299 g/mol. The molecule has 0 aliphatic rings. The number of hydrogen-bond acceptors (Lipinski definition) is 4. The Labute approximate surface area is 92.7 Å². The molecular formula is C6H10IN3OS. The fourth-order valence-electron chi connectivity index (χ4n) is 0.654. The highest BCUT2D eigenvalue weighted by atomic mass is 127. The molecule has 0 amide bonds. The van der Waals surface area contributed by atoms with Crippen molar-refractivity contribution in [3.05, 3.63) is 6.20 Å². The average molecular weight is 299 g/mol. The van der Waals surface area contributed by atoms with E-state index in [4.69, 9.17) is 4.74 Å².